The number of anilines is 1. The lowest BCUT2D eigenvalue weighted by Crippen LogP contribution is -2.30. The Morgan fingerprint density at radius 1 is 0.698 bits per heavy atom. The van der Waals surface area contributed by atoms with Gasteiger partial charge in [-0.1, -0.05) is 78.9 Å². The van der Waals surface area contributed by atoms with Crippen LogP contribution in [0.2, 0.25) is 0 Å². The molecule has 212 valence electrons. The van der Waals surface area contributed by atoms with Crippen LogP contribution >= 0.6 is 0 Å². The Balaban J connectivity index is 1.36. The summed E-state index contributed by atoms with van der Waals surface area (Å²) < 4.78 is 5.62. The van der Waals surface area contributed by atoms with E-state index in [-0.39, 0.29) is 11.5 Å². The smallest absolute Gasteiger partial charge is 0.272 e. The van der Waals surface area contributed by atoms with Crippen molar-refractivity contribution in [3.63, 3.8) is 0 Å². The van der Waals surface area contributed by atoms with Gasteiger partial charge in [-0.25, -0.2) is 0 Å². The zero-order valence-electron chi connectivity index (χ0n) is 23.6. The van der Waals surface area contributed by atoms with Crippen LogP contribution in [0.25, 0.3) is 22.9 Å². The van der Waals surface area contributed by atoms with E-state index in [0.29, 0.717) is 29.2 Å². The van der Waals surface area contributed by atoms with E-state index >= 15 is 0 Å². The van der Waals surface area contributed by atoms with Crippen molar-refractivity contribution in [1.82, 2.24) is 5.32 Å². The lowest BCUT2D eigenvalue weighted by atomic mass is 10.0. The first-order valence-corrected chi connectivity index (χ1v) is 13.9. The predicted octanol–water partition coefficient (Wildman–Crippen LogP) is 7.54. The molecule has 0 aliphatic rings. The van der Waals surface area contributed by atoms with E-state index < -0.39 is 11.8 Å². The molecule has 0 heterocycles. The van der Waals surface area contributed by atoms with Crippen LogP contribution in [0.3, 0.4) is 0 Å². The van der Waals surface area contributed by atoms with Gasteiger partial charge in [0.1, 0.15) is 11.4 Å². The highest BCUT2D eigenvalue weighted by Gasteiger charge is 2.16. The van der Waals surface area contributed by atoms with Gasteiger partial charge in [-0.15, -0.1) is 0 Å². The normalized spacial score (nSPS) is 11.3. The number of allylic oxidation sites excluding steroid dienone is 1. The molecule has 0 aliphatic heterocycles. The molecule has 0 unspecified atom stereocenters. The number of nitrogens with one attached hydrogen (secondary N) is 2. The molecule has 0 aromatic heterocycles. The number of carbonyl (C=O) groups excluding carboxylic acids is 3. The van der Waals surface area contributed by atoms with Crippen LogP contribution in [0.1, 0.15) is 38.8 Å². The molecule has 43 heavy (non-hydrogen) atoms. The van der Waals surface area contributed by atoms with Crippen molar-refractivity contribution in [2.45, 2.75) is 6.92 Å². The van der Waals surface area contributed by atoms with Gasteiger partial charge in [0, 0.05) is 22.4 Å². The third-order valence-electron chi connectivity index (χ3n) is 6.71. The van der Waals surface area contributed by atoms with Gasteiger partial charge < -0.3 is 15.4 Å². The van der Waals surface area contributed by atoms with Gasteiger partial charge in [-0.05, 0) is 84.0 Å². The number of ketones is 1. The van der Waals surface area contributed by atoms with Crippen LogP contribution in [0.4, 0.5) is 5.69 Å². The topological polar surface area (TPSA) is 84.5 Å². The van der Waals surface area contributed by atoms with Gasteiger partial charge in [0.2, 0.25) is 0 Å². The Bertz CT molecular complexity index is 1820. The van der Waals surface area contributed by atoms with Gasteiger partial charge in [0.05, 0.1) is 6.61 Å². The number of carbonyl (C=O) groups is 3. The molecule has 0 bridgehead atoms. The molecular formula is C37H30N2O4. The summed E-state index contributed by atoms with van der Waals surface area (Å²) in [5.41, 5.74) is 3.05. The Labute approximate surface area is 250 Å². The largest absolute Gasteiger partial charge is 0.493 e. The summed E-state index contributed by atoms with van der Waals surface area (Å²) in [6.45, 7) is 2.44. The van der Waals surface area contributed by atoms with Crippen molar-refractivity contribution in [2.75, 3.05) is 11.9 Å². The molecule has 2 amide bonds. The van der Waals surface area contributed by atoms with Crippen LogP contribution in [0.5, 0.6) is 5.75 Å². The Kier molecular flexibility index (Phi) is 9.19. The molecule has 0 spiro atoms. The van der Waals surface area contributed by atoms with Gasteiger partial charge in [0.25, 0.3) is 11.8 Å². The second kappa shape index (κ2) is 13.7. The summed E-state index contributed by atoms with van der Waals surface area (Å²) in [5, 5.41) is 7.59. The van der Waals surface area contributed by atoms with Gasteiger partial charge >= 0.3 is 0 Å². The Hall–Kier alpha value is -5.75. The molecule has 0 saturated carbocycles. The second-order valence-electron chi connectivity index (χ2n) is 9.65. The number of ether oxygens (including phenoxy) is 1. The Morgan fingerprint density at radius 2 is 1.37 bits per heavy atom. The molecule has 0 fully saturated rings. The molecule has 5 aromatic rings. The minimum absolute atomic E-state index is 0.0845. The third-order valence-corrected chi connectivity index (χ3v) is 6.71. The number of rotatable bonds is 10. The van der Waals surface area contributed by atoms with E-state index in [1.807, 2.05) is 79.7 Å². The highest BCUT2D eigenvalue weighted by molar-refractivity contribution is 6.12. The summed E-state index contributed by atoms with van der Waals surface area (Å²) in [7, 11) is 0. The zero-order valence-corrected chi connectivity index (χ0v) is 23.6. The number of hydrogen-bond acceptors (Lipinski definition) is 4. The predicted molar refractivity (Wildman–Crippen MR) is 172 cm³/mol. The van der Waals surface area contributed by atoms with Crippen molar-refractivity contribution in [3.8, 4) is 5.75 Å². The summed E-state index contributed by atoms with van der Waals surface area (Å²) in [4.78, 5) is 39.3. The fourth-order valence-electron chi connectivity index (χ4n) is 4.56. The van der Waals surface area contributed by atoms with Crippen LogP contribution < -0.4 is 15.4 Å². The molecule has 0 radical (unpaired) electrons. The maximum Gasteiger partial charge on any atom is 0.272 e. The van der Waals surface area contributed by atoms with E-state index in [2.05, 4.69) is 10.6 Å². The zero-order chi connectivity index (χ0) is 30.0. The fraction of sp³-hybridized carbons (Fsp3) is 0.0541. The average Bonchev–Trinajstić information content (AvgIpc) is 3.05. The lowest BCUT2D eigenvalue weighted by Gasteiger charge is -2.12. The third kappa shape index (κ3) is 7.31. The SMILES string of the molecule is CCOc1ccccc1/C=C/C(=O)c1ccc(NC(=O)/C(=C/c2cccc3ccccc23)NC(=O)c2ccccc2)cc1. The molecule has 0 atom stereocenters. The van der Waals surface area contributed by atoms with Gasteiger partial charge in [0.15, 0.2) is 5.78 Å². The Morgan fingerprint density at radius 3 is 2.16 bits per heavy atom. The average molecular weight is 567 g/mol. The van der Waals surface area contributed by atoms with E-state index in [9.17, 15) is 14.4 Å². The van der Waals surface area contributed by atoms with E-state index in [1.54, 1.807) is 60.7 Å². The van der Waals surface area contributed by atoms with Crippen molar-refractivity contribution >= 4 is 46.2 Å². The number of amides is 2. The molecule has 0 saturated heterocycles. The van der Waals surface area contributed by atoms with Crippen molar-refractivity contribution < 1.29 is 19.1 Å². The highest BCUT2D eigenvalue weighted by Crippen LogP contribution is 2.22. The van der Waals surface area contributed by atoms with Crippen LogP contribution in [-0.4, -0.2) is 24.2 Å². The maximum atomic E-state index is 13.5. The molecule has 6 heteroatoms. The lowest BCUT2D eigenvalue weighted by molar-refractivity contribution is -0.113. The number of para-hydroxylation sites is 1. The monoisotopic (exact) mass is 566 g/mol. The van der Waals surface area contributed by atoms with E-state index in [4.69, 9.17) is 4.74 Å². The van der Waals surface area contributed by atoms with Crippen LogP contribution in [0, 0.1) is 0 Å². The summed E-state index contributed by atoms with van der Waals surface area (Å²) in [6, 6.07) is 36.4. The highest BCUT2D eigenvalue weighted by atomic mass is 16.5. The first kappa shape index (κ1) is 28.8. The molecule has 2 N–H and O–H groups in total. The molecule has 5 aromatic carbocycles. The van der Waals surface area contributed by atoms with Crippen molar-refractivity contribution in [2.24, 2.45) is 0 Å². The first-order valence-electron chi connectivity index (χ1n) is 13.9. The van der Waals surface area contributed by atoms with Gasteiger partial charge in [-0.2, -0.15) is 0 Å². The minimum atomic E-state index is -0.497. The first-order chi connectivity index (χ1) is 21.0. The van der Waals surface area contributed by atoms with E-state index in [1.165, 1.54) is 6.08 Å². The fourth-order valence-corrected chi connectivity index (χ4v) is 4.56. The summed E-state index contributed by atoms with van der Waals surface area (Å²) >= 11 is 0. The molecule has 6 nitrogen and oxygen atoms in total. The second-order valence-corrected chi connectivity index (χ2v) is 9.65. The van der Waals surface area contributed by atoms with Crippen molar-refractivity contribution in [1.29, 1.82) is 0 Å². The van der Waals surface area contributed by atoms with Crippen LogP contribution in [-0.2, 0) is 4.79 Å². The minimum Gasteiger partial charge on any atom is -0.493 e. The quantitative estimate of drug-likeness (QED) is 0.135. The molecular weight excluding hydrogens is 536 g/mol. The van der Waals surface area contributed by atoms with E-state index in [0.717, 1.165) is 21.9 Å². The maximum absolute atomic E-state index is 13.5. The number of hydrogen-bond donors (Lipinski definition) is 2. The standard InChI is InChI=1S/C37H30N2O4/c1-2-43-35-18-9-7-12-28(35)21-24-34(40)27-19-22-31(23-20-27)38-37(42)33(39-36(41)29-13-4-3-5-14-29)25-30-16-10-15-26-11-6-8-17-32(26)30/h3-25H,2H2,1H3,(H,38,42)(H,39,41)/b24-21+,33-25-. The van der Waals surface area contributed by atoms with Crippen molar-refractivity contribution in [3.05, 3.63) is 155 Å². The van der Waals surface area contributed by atoms with Crippen LogP contribution in [0.15, 0.2) is 133 Å². The molecule has 0 aliphatic carbocycles. The summed E-state index contributed by atoms with van der Waals surface area (Å²) in [6.07, 6.45) is 4.89. The number of benzene rings is 5. The van der Waals surface area contributed by atoms with Gasteiger partial charge in [-0.3, -0.25) is 14.4 Å². The molecule has 5 rings (SSSR count). The number of fused-ring (bicyclic) bond motifs is 1. The summed E-state index contributed by atoms with van der Waals surface area (Å²) in [5.74, 6) is -0.376.